The Hall–Kier alpha value is -0.885. The lowest BCUT2D eigenvalue weighted by Gasteiger charge is -2.32. The van der Waals surface area contributed by atoms with Gasteiger partial charge in [-0.05, 0) is 63.5 Å². The third-order valence-corrected chi connectivity index (χ3v) is 6.74. The molecule has 1 aromatic rings. The van der Waals surface area contributed by atoms with Gasteiger partial charge in [0, 0.05) is 0 Å². The number of fused-ring (bicyclic) bond motifs is 1. The van der Waals surface area contributed by atoms with Crippen LogP contribution in [-0.4, -0.2) is 32.0 Å². The fourth-order valence-corrected chi connectivity index (χ4v) is 4.01. The molecule has 1 fully saturated rings. The number of benzene rings is 1. The highest BCUT2D eigenvalue weighted by molar-refractivity contribution is 7.89. The van der Waals surface area contributed by atoms with Gasteiger partial charge in [-0.3, -0.25) is 0 Å². The van der Waals surface area contributed by atoms with Gasteiger partial charge >= 0.3 is 7.12 Å². The van der Waals surface area contributed by atoms with Gasteiger partial charge in [0.25, 0.3) is 0 Å². The first-order valence-corrected chi connectivity index (χ1v) is 9.59. The molecule has 0 radical (unpaired) electrons. The Bertz CT molecular complexity index is 714. The molecule has 126 valence electrons. The van der Waals surface area contributed by atoms with Crippen molar-refractivity contribution in [1.29, 1.82) is 0 Å². The summed E-state index contributed by atoms with van der Waals surface area (Å²) in [6, 6.07) is 6.02. The summed E-state index contributed by atoms with van der Waals surface area (Å²) in [5, 5.41) is 4.81. The second-order valence-electron chi connectivity index (χ2n) is 7.57. The zero-order valence-corrected chi connectivity index (χ0v) is 14.9. The zero-order valence-electron chi connectivity index (χ0n) is 14.1. The lowest BCUT2D eigenvalue weighted by Crippen LogP contribution is -2.41. The summed E-state index contributed by atoms with van der Waals surface area (Å²) in [6.45, 7) is 8.12. The molecule has 2 N–H and O–H groups in total. The molecule has 0 saturated carbocycles. The smallest absolute Gasteiger partial charge is 0.399 e. The summed E-state index contributed by atoms with van der Waals surface area (Å²) in [7, 11) is -3.86. The first-order chi connectivity index (χ1) is 10.5. The van der Waals surface area contributed by atoms with Gasteiger partial charge in [-0.2, -0.15) is 0 Å². The monoisotopic (exact) mass is 337 g/mol. The lowest BCUT2D eigenvalue weighted by atomic mass is 9.76. The summed E-state index contributed by atoms with van der Waals surface area (Å²) in [5.74, 6) is 0. The van der Waals surface area contributed by atoms with Crippen LogP contribution in [-0.2, 0) is 32.2 Å². The summed E-state index contributed by atoms with van der Waals surface area (Å²) < 4.78 is 35.3. The van der Waals surface area contributed by atoms with Crippen LogP contribution in [0.3, 0.4) is 0 Å². The van der Waals surface area contributed by atoms with Crippen LogP contribution < -0.4 is 10.6 Å². The summed E-state index contributed by atoms with van der Waals surface area (Å²) >= 11 is 0. The van der Waals surface area contributed by atoms with Gasteiger partial charge in [-0.1, -0.05) is 18.2 Å². The largest absolute Gasteiger partial charge is 0.494 e. The molecule has 1 atom stereocenters. The molecular weight excluding hydrogens is 313 g/mol. The second-order valence-corrected chi connectivity index (χ2v) is 9.41. The van der Waals surface area contributed by atoms with Crippen LogP contribution in [0.5, 0.6) is 0 Å². The average molecular weight is 337 g/mol. The number of primary sulfonamides is 1. The SMILES string of the molecule is CC1(C)OB(c2ccc3c(c2)CC[C@@H](S(N)(=O)=O)C3)OC1(C)C. The van der Waals surface area contributed by atoms with Crippen molar-refractivity contribution in [2.45, 2.75) is 63.4 Å². The van der Waals surface area contributed by atoms with Crippen molar-refractivity contribution in [3.05, 3.63) is 29.3 Å². The highest BCUT2D eigenvalue weighted by Crippen LogP contribution is 2.36. The minimum Gasteiger partial charge on any atom is -0.399 e. The van der Waals surface area contributed by atoms with E-state index < -0.39 is 15.3 Å². The van der Waals surface area contributed by atoms with E-state index in [2.05, 4.69) is 6.07 Å². The van der Waals surface area contributed by atoms with Gasteiger partial charge in [-0.15, -0.1) is 0 Å². The van der Waals surface area contributed by atoms with Crippen LogP contribution in [0.15, 0.2) is 18.2 Å². The van der Waals surface area contributed by atoms with E-state index in [4.69, 9.17) is 14.4 Å². The van der Waals surface area contributed by atoms with Gasteiger partial charge in [0.2, 0.25) is 10.0 Å². The third-order valence-electron chi connectivity index (χ3n) is 5.40. The van der Waals surface area contributed by atoms with E-state index >= 15 is 0 Å². The third kappa shape index (κ3) is 3.07. The molecule has 7 heteroatoms. The van der Waals surface area contributed by atoms with Crippen LogP contribution in [0.25, 0.3) is 0 Å². The molecule has 1 saturated heterocycles. The van der Waals surface area contributed by atoms with E-state index in [1.54, 1.807) is 0 Å². The maximum atomic E-state index is 11.6. The molecule has 23 heavy (non-hydrogen) atoms. The Morgan fingerprint density at radius 3 is 2.30 bits per heavy atom. The first kappa shape index (κ1) is 17.0. The number of sulfonamides is 1. The lowest BCUT2D eigenvalue weighted by molar-refractivity contribution is 0.00578. The molecule has 2 aliphatic rings. The molecule has 0 bridgehead atoms. The van der Waals surface area contributed by atoms with Crippen LogP contribution >= 0.6 is 0 Å². The van der Waals surface area contributed by atoms with Crippen LogP contribution in [0.4, 0.5) is 0 Å². The fraction of sp³-hybridized carbons (Fsp3) is 0.625. The molecule has 1 aromatic carbocycles. The minimum atomic E-state index is -3.47. The fourth-order valence-electron chi connectivity index (χ4n) is 3.15. The molecule has 1 aliphatic heterocycles. The quantitative estimate of drug-likeness (QED) is 0.821. The van der Waals surface area contributed by atoms with Crippen molar-refractivity contribution in [2.75, 3.05) is 0 Å². The summed E-state index contributed by atoms with van der Waals surface area (Å²) in [6.07, 6.45) is 1.76. The van der Waals surface area contributed by atoms with Crippen molar-refractivity contribution in [1.82, 2.24) is 0 Å². The van der Waals surface area contributed by atoms with E-state index in [9.17, 15) is 8.42 Å². The van der Waals surface area contributed by atoms with E-state index in [1.807, 2.05) is 39.8 Å². The summed E-state index contributed by atoms with van der Waals surface area (Å²) in [4.78, 5) is 0. The van der Waals surface area contributed by atoms with Gasteiger partial charge in [-0.25, -0.2) is 13.6 Å². The van der Waals surface area contributed by atoms with Gasteiger partial charge in [0.05, 0.1) is 16.5 Å². The molecule has 0 amide bonds. The van der Waals surface area contributed by atoms with Crippen LogP contribution in [0.2, 0.25) is 0 Å². The van der Waals surface area contributed by atoms with E-state index in [0.29, 0.717) is 19.3 Å². The number of nitrogens with two attached hydrogens (primary N) is 1. The molecule has 0 spiro atoms. The summed E-state index contributed by atoms with van der Waals surface area (Å²) in [5.41, 5.74) is 2.46. The Kier molecular flexibility index (Phi) is 3.91. The Morgan fingerprint density at radius 1 is 1.13 bits per heavy atom. The highest BCUT2D eigenvalue weighted by atomic mass is 32.2. The predicted molar refractivity (Wildman–Crippen MR) is 91.1 cm³/mol. The highest BCUT2D eigenvalue weighted by Gasteiger charge is 2.51. The van der Waals surface area contributed by atoms with Crippen LogP contribution in [0.1, 0.15) is 45.2 Å². The molecular formula is C16H24BNO4S. The van der Waals surface area contributed by atoms with Crippen molar-refractivity contribution in [3.63, 3.8) is 0 Å². The zero-order chi connectivity index (χ0) is 17.0. The van der Waals surface area contributed by atoms with Crippen molar-refractivity contribution < 1.29 is 17.7 Å². The topological polar surface area (TPSA) is 78.6 Å². The van der Waals surface area contributed by atoms with Gasteiger partial charge < -0.3 is 9.31 Å². The molecule has 5 nitrogen and oxygen atoms in total. The Balaban J connectivity index is 1.84. The normalized spacial score (nSPS) is 26.1. The molecule has 3 rings (SSSR count). The molecule has 0 unspecified atom stereocenters. The molecule has 1 heterocycles. The van der Waals surface area contributed by atoms with Crippen molar-refractivity contribution in [3.8, 4) is 0 Å². The molecule has 0 aromatic heterocycles. The van der Waals surface area contributed by atoms with Crippen molar-refractivity contribution in [2.24, 2.45) is 5.14 Å². The maximum absolute atomic E-state index is 11.6. The number of aryl methyl sites for hydroxylation is 1. The predicted octanol–water partition coefficient (Wildman–Crippen LogP) is 1.13. The second kappa shape index (κ2) is 5.31. The first-order valence-electron chi connectivity index (χ1n) is 7.98. The maximum Gasteiger partial charge on any atom is 0.494 e. The molecule has 1 aliphatic carbocycles. The minimum absolute atomic E-state index is 0.369. The number of hydrogen-bond acceptors (Lipinski definition) is 4. The van der Waals surface area contributed by atoms with Gasteiger partial charge in [0.15, 0.2) is 0 Å². The standard InChI is InChI=1S/C16H24BNO4S/c1-15(2)16(3,4)22-17(21-15)13-7-5-12-10-14(23(18,19)20)8-6-11(12)9-13/h5,7,9,14H,6,8,10H2,1-4H3,(H2,18,19,20)/t14-/m1/s1. The number of rotatable bonds is 2. The van der Waals surface area contributed by atoms with Crippen molar-refractivity contribution >= 4 is 22.6 Å². The number of hydrogen-bond donors (Lipinski definition) is 1. The van der Waals surface area contributed by atoms with Gasteiger partial charge in [0.1, 0.15) is 0 Å². The average Bonchev–Trinajstić information content (AvgIpc) is 2.65. The Labute approximate surface area is 138 Å². The van der Waals surface area contributed by atoms with Crippen LogP contribution in [0, 0.1) is 0 Å². The van der Waals surface area contributed by atoms with E-state index in [1.165, 1.54) is 0 Å². The Morgan fingerprint density at radius 2 is 1.74 bits per heavy atom. The van der Waals surface area contributed by atoms with E-state index in [-0.39, 0.29) is 18.3 Å². The van der Waals surface area contributed by atoms with E-state index in [0.717, 1.165) is 16.6 Å².